The van der Waals surface area contributed by atoms with Gasteiger partial charge in [0, 0.05) is 31.1 Å². The Bertz CT molecular complexity index is 1170. The first kappa shape index (κ1) is 20.1. The molecule has 0 unspecified atom stereocenters. The number of hydrogen-bond acceptors (Lipinski definition) is 6. The minimum absolute atomic E-state index is 0.0174. The number of amides is 1. The van der Waals surface area contributed by atoms with Crippen molar-refractivity contribution < 1.29 is 22.8 Å². The molecule has 0 N–H and O–H groups in total. The van der Waals surface area contributed by atoms with Gasteiger partial charge in [-0.2, -0.15) is 10.2 Å². The van der Waals surface area contributed by atoms with Crippen molar-refractivity contribution >= 4 is 21.6 Å². The number of rotatable bonds is 7. The van der Waals surface area contributed by atoms with Crippen LogP contribution in [0.4, 0.5) is 5.82 Å². The van der Waals surface area contributed by atoms with E-state index in [-0.39, 0.29) is 16.9 Å². The highest BCUT2D eigenvalue weighted by atomic mass is 32.2. The Morgan fingerprint density at radius 1 is 1.10 bits per heavy atom. The summed E-state index contributed by atoms with van der Waals surface area (Å²) < 4.78 is 30.6. The SMILES string of the molecule is Cn1ccc(N(OC2CC2)C(=O)c2cccc(Oc3ccc(S(C)(=O)=O)cc3)c2)n1. The van der Waals surface area contributed by atoms with Crippen LogP contribution >= 0.6 is 0 Å². The fourth-order valence-electron chi connectivity index (χ4n) is 2.74. The molecule has 30 heavy (non-hydrogen) atoms. The van der Waals surface area contributed by atoms with E-state index in [0.717, 1.165) is 19.1 Å². The quantitative estimate of drug-likeness (QED) is 0.537. The molecule has 1 fully saturated rings. The van der Waals surface area contributed by atoms with Gasteiger partial charge in [-0.05, 0) is 55.3 Å². The van der Waals surface area contributed by atoms with Crippen molar-refractivity contribution in [1.82, 2.24) is 9.78 Å². The maximum atomic E-state index is 13.1. The summed E-state index contributed by atoms with van der Waals surface area (Å²) in [5.41, 5.74) is 0.381. The van der Waals surface area contributed by atoms with Crippen LogP contribution in [0, 0.1) is 0 Å². The van der Waals surface area contributed by atoms with Gasteiger partial charge in [0.1, 0.15) is 11.5 Å². The second-order valence-corrected chi connectivity index (χ2v) is 9.14. The van der Waals surface area contributed by atoms with Crippen LogP contribution in [-0.2, 0) is 21.7 Å². The summed E-state index contributed by atoms with van der Waals surface area (Å²) in [4.78, 5) is 19.1. The number of nitrogens with zero attached hydrogens (tertiary/aromatic N) is 3. The minimum Gasteiger partial charge on any atom is -0.457 e. The Labute approximate surface area is 174 Å². The third kappa shape index (κ3) is 4.69. The van der Waals surface area contributed by atoms with Crippen LogP contribution in [0.3, 0.4) is 0 Å². The summed E-state index contributed by atoms with van der Waals surface area (Å²) in [5.74, 6) is 0.971. The van der Waals surface area contributed by atoms with Gasteiger partial charge in [-0.25, -0.2) is 8.42 Å². The average molecular weight is 427 g/mol. The first-order valence-electron chi connectivity index (χ1n) is 9.38. The molecular formula is C21H21N3O5S. The van der Waals surface area contributed by atoms with Gasteiger partial charge < -0.3 is 4.74 Å². The van der Waals surface area contributed by atoms with Gasteiger partial charge >= 0.3 is 0 Å². The number of anilines is 1. The van der Waals surface area contributed by atoms with E-state index in [1.807, 2.05) is 0 Å². The highest BCUT2D eigenvalue weighted by Crippen LogP contribution is 2.29. The van der Waals surface area contributed by atoms with Gasteiger partial charge in [0.25, 0.3) is 5.91 Å². The van der Waals surface area contributed by atoms with Crippen LogP contribution < -0.4 is 9.80 Å². The molecule has 0 saturated heterocycles. The molecule has 0 atom stereocenters. The number of carbonyl (C=O) groups excluding carboxylic acids is 1. The summed E-state index contributed by atoms with van der Waals surface area (Å²) in [6, 6.07) is 14.5. The zero-order chi connectivity index (χ0) is 21.3. The molecule has 1 aliphatic carbocycles. The molecule has 8 nitrogen and oxygen atoms in total. The number of aromatic nitrogens is 2. The highest BCUT2D eigenvalue weighted by Gasteiger charge is 2.31. The molecule has 1 saturated carbocycles. The third-order valence-corrected chi connectivity index (χ3v) is 5.57. The minimum atomic E-state index is -3.28. The van der Waals surface area contributed by atoms with Crippen LogP contribution in [0.15, 0.2) is 65.7 Å². The van der Waals surface area contributed by atoms with E-state index >= 15 is 0 Å². The Balaban J connectivity index is 1.55. The number of hydrogen-bond donors (Lipinski definition) is 0. The summed E-state index contributed by atoms with van der Waals surface area (Å²) in [5, 5.41) is 5.49. The topological polar surface area (TPSA) is 90.7 Å². The smallest absolute Gasteiger partial charge is 0.283 e. The zero-order valence-electron chi connectivity index (χ0n) is 16.6. The number of ether oxygens (including phenoxy) is 1. The Kier molecular flexibility index (Phi) is 5.31. The summed E-state index contributed by atoms with van der Waals surface area (Å²) in [7, 11) is -1.51. The van der Waals surface area contributed by atoms with E-state index in [1.54, 1.807) is 60.4 Å². The average Bonchev–Trinajstić information content (AvgIpc) is 3.44. The number of benzene rings is 2. The molecule has 1 heterocycles. The van der Waals surface area contributed by atoms with E-state index in [9.17, 15) is 13.2 Å². The van der Waals surface area contributed by atoms with Gasteiger partial charge in [0.15, 0.2) is 15.7 Å². The molecule has 1 aromatic heterocycles. The molecule has 9 heteroatoms. The van der Waals surface area contributed by atoms with E-state index in [2.05, 4.69) is 5.10 Å². The van der Waals surface area contributed by atoms with E-state index < -0.39 is 9.84 Å². The molecule has 4 rings (SSSR count). The van der Waals surface area contributed by atoms with Crippen molar-refractivity contribution in [3.8, 4) is 11.5 Å². The van der Waals surface area contributed by atoms with Crippen LogP contribution in [0.1, 0.15) is 23.2 Å². The van der Waals surface area contributed by atoms with Crippen LogP contribution in [0.5, 0.6) is 11.5 Å². The second-order valence-electron chi connectivity index (χ2n) is 7.13. The highest BCUT2D eigenvalue weighted by molar-refractivity contribution is 7.90. The van der Waals surface area contributed by atoms with Crippen molar-refractivity contribution in [2.24, 2.45) is 7.05 Å². The maximum Gasteiger partial charge on any atom is 0.283 e. The standard InChI is InChI=1S/C21H21N3O5S/c1-23-13-12-20(22-23)24(29-17-6-7-17)21(25)15-4-3-5-18(14-15)28-16-8-10-19(11-9-16)30(2,26)27/h3-5,8-14,17H,6-7H2,1-2H3. The molecule has 2 aromatic carbocycles. The lowest BCUT2D eigenvalue weighted by molar-refractivity contribution is 0.0587. The lowest BCUT2D eigenvalue weighted by Gasteiger charge is -2.19. The van der Waals surface area contributed by atoms with Crippen LogP contribution in [0.25, 0.3) is 0 Å². The Hall–Kier alpha value is -3.17. The van der Waals surface area contributed by atoms with E-state index in [0.29, 0.717) is 22.9 Å². The van der Waals surface area contributed by atoms with Crippen molar-refractivity contribution in [2.45, 2.75) is 23.8 Å². The lowest BCUT2D eigenvalue weighted by Crippen LogP contribution is -2.32. The van der Waals surface area contributed by atoms with Crippen molar-refractivity contribution in [3.05, 3.63) is 66.4 Å². The summed E-state index contributed by atoms with van der Waals surface area (Å²) in [6.45, 7) is 0. The van der Waals surface area contributed by atoms with E-state index in [1.165, 1.54) is 17.2 Å². The zero-order valence-corrected chi connectivity index (χ0v) is 17.4. The molecule has 1 aliphatic rings. The predicted octanol–water partition coefficient (Wildman–Crippen LogP) is 3.36. The normalized spacial score (nSPS) is 13.8. The van der Waals surface area contributed by atoms with Gasteiger partial charge in [-0.3, -0.25) is 14.3 Å². The molecule has 1 amide bonds. The van der Waals surface area contributed by atoms with Crippen molar-refractivity contribution in [1.29, 1.82) is 0 Å². The third-order valence-electron chi connectivity index (χ3n) is 4.44. The Morgan fingerprint density at radius 3 is 2.43 bits per heavy atom. The fraction of sp³-hybridized carbons (Fsp3) is 0.238. The number of sulfone groups is 1. The fourth-order valence-corrected chi connectivity index (χ4v) is 3.37. The molecule has 0 radical (unpaired) electrons. The molecular weight excluding hydrogens is 406 g/mol. The predicted molar refractivity (Wildman–Crippen MR) is 110 cm³/mol. The Morgan fingerprint density at radius 2 is 1.83 bits per heavy atom. The van der Waals surface area contributed by atoms with E-state index in [4.69, 9.17) is 9.57 Å². The van der Waals surface area contributed by atoms with Gasteiger partial charge in [0.05, 0.1) is 11.0 Å². The van der Waals surface area contributed by atoms with Gasteiger partial charge in [0.2, 0.25) is 0 Å². The number of carbonyl (C=O) groups is 1. The molecule has 0 spiro atoms. The van der Waals surface area contributed by atoms with Crippen LogP contribution in [0.2, 0.25) is 0 Å². The lowest BCUT2D eigenvalue weighted by atomic mass is 10.2. The second kappa shape index (κ2) is 7.92. The monoisotopic (exact) mass is 427 g/mol. The number of hydroxylamine groups is 1. The first-order valence-corrected chi connectivity index (χ1v) is 11.3. The van der Waals surface area contributed by atoms with Crippen molar-refractivity contribution in [2.75, 3.05) is 11.3 Å². The van der Waals surface area contributed by atoms with Gasteiger partial charge in [-0.15, -0.1) is 0 Å². The molecule has 0 bridgehead atoms. The molecule has 3 aromatic rings. The maximum absolute atomic E-state index is 13.1. The summed E-state index contributed by atoms with van der Waals surface area (Å²) in [6.07, 6.45) is 4.72. The summed E-state index contributed by atoms with van der Waals surface area (Å²) >= 11 is 0. The van der Waals surface area contributed by atoms with Crippen molar-refractivity contribution in [3.63, 3.8) is 0 Å². The first-order chi connectivity index (χ1) is 14.3. The van der Waals surface area contributed by atoms with Crippen LogP contribution in [-0.4, -0.2) is 36.5 Å². The molecule has 0 aliphatic heterocycles. The van der Waals surface area contributed by atoms with Gasteiger partial charge in [-0.1, -0.05) is 6.07 Å². The molecule has 156 valence electrons. The number of aryl methyl sites for hydroxylation is 1. The largest absolute Gasteiger partial charge is 0.457 e.